The second kappa shape index (κ2) is 4.44. The van der Waals surface area contributed by atoms with E-state index in [0.29, 0.717) is 11.8 Å². The van der Waals surface area contributed by atoms with Crippen LogP contribution in [0.4, 0.5) is 5.69 Å². The number of hydrogen-bond donors (Lipinski definition) is 1. The van der Waals surface area contributed by atoms with Crippen molar-refractivity contribution in [2.45, 2.75) is 38.5 Å². The monoisotopic (exact) mass is 243 g/mol. The Kier molecular flexibility index (Phi) is 2.78. The first-order chi connectivity index (χ1) is 8.74. The number of rotatable bonds is 2. The highest BCUT2D eigenvalue weighted by atomic mass is 16.5. The van der Waals surface area contributed by atoms with Gasteiger partial charge in [0.25, 0.3) is 5.89 Å². The van der Waals surface area contributed by atoms with Gasteiger partial charge < -0.3 is 10.3 Å². The van der Waals surface area contributed by atoms with Gasteiger partial charge in [-0.25, -0.2) is 0 Å². The highest BCUT2D eigenvalue weighted by Gasteiger charge is 2.22. The van der Waals surface area contributed by atoms with Crippen LogP contribution in [0.15, 0.2) is 22.7 Å². The molecule has 3 rings (SSSR count). The Morgan fingerprint density at radius 2 is 2.06 bits per heavy atom. The van der Waals surface area contributed by atoms with Gasteiger partial charge in [0.05, 0.1) is 0 Å². The van der Waals surface area contributed by atoms with E-state index in [4.69, 9.17) is 10.3 Å². The molecule has 4 heteroatoms. The summed E-state index contributed by atoms with van der Waals surface area (Å²) in [5, 5.41) is 4.10. The zero-order valence-corrected chi connectivity index (χ0v) is 10.5. The third-order valence-corrected chi connectivity index (χ3v) is 3.69. The Balaban J connectivity index is 1.89. The summed E-state index contributed by atoms with van der Waals surface area (Å²) in [5.41, 5.74) is 8.62. The van der Waals surface area contributed by atoms with Gasteiger partial charge in [0, 0.05) is 17.2 Å². The number of anilines is 1. The van der Waals surface area contributed by atoms with Gasteiger partial charge in [0.1, 0.15) is 0 Å². The van der Waals surface area contributed by atoms with E-state index in [1.807, 2.05) is 25.1 Å². The van der Waals surface area contributed by atoms with E-state index in [0.717, 1.165) is 22.6 Å². The van der Waals surface area contributed by atoms with Crippen LogP contribution in [0.1, 0.15) is 43.0 Å². The number of benzene rings is 1. The van der Waals surface area contributed by atoms with Crippen LogP contribution in [-0.4, -0.2) is 10.1 Å². The third-order valence-electron chi connectivity index (χ3n) is 3.69. The van der Waals surface area contributed by atoms with Crippen molar-refractivity contribution < 1.29 is 4.52 Å². The predicted octanol–water partition coefficient (Wildman–Crippen LogP) is 3.28. The molecule has 4 nitrogen and oxygen atoms in total. The van der Waals surface area contributed by atoms with E-state index in [-0.39, 0.29) is 0 Å². The van der Waals surface area contributed by atoms with Crippen molar-refractivity contribution >= 4 is 5.69 Å². The molecular formula is C14H17N3O. The fraction of sp³-hybridized carbons (Fsp3) is 0.429. The maximum Gasteiger partial charge on any atom is 0.258 e. The van der Waals surface area contributed by atoms with E-state index in [1.54, 1.807) is 0 Å². The molecule has 0 spiro atoms. The second-order valence-electron chi connectivity index (χ2n) is 5.01. The fourth-order valence-electron chi connectivity index (χ4n) is 2.48. The number of aromatic nitrogens is 2. The smallest absolute Gasteiger partial charge is 0.258 e. The third kappa shape index (κ3) is 1.98. The molecule has 1 aliphatic rings. The summed E-state index contributed by atoms with van der Waals surface area (Å²) >= 11 is 0. The first kappa shape index (κ1) is 11.3. The molecule has 2 aromatic rings. The van der Waals surface area contributed by atoms with Crippen molar-refractivity contribution in [1.82, 2.24) is 10.1 Å². The van der Waals surface area contributed by atoms with E-state index >= 15 is 0 Å². The zero-order valence-electron chi connectivity index (χ0n) is 10.5. The van der Waals surface area contributed by atoms with E-state index in [1.165, 1.54) is 25.7 Å². The Bertz CT molecular complexity index is 556. The van der Waals surface area contributed by atoms with Gasteiger partial charge in [0.2, 0.25) is 0 Å². The molecule has 2 N–H and O–H groups in total. The first-order valence-corrected chi connectivity index (χ1v) is 6.44. The van der Waals surface area contributed by atoms with Crippen LogP contribution >= 0.6 is 0 Å². The van der Waals surface area contributed by atoms with Gasteiger partial charge in [-0.15, -0.1) is 0 Å². The average molecular weight is 243 g/mol. The van der Waals surface area contributed by atoms with Crippen molar-refractivity contribution in [2.24, 2.45) is 0 Å². The van der Waals surface area contributed by atoms with Gasteiger partial charge in [-0.2, -0.15) is 4.98 Å². The SMILES string of the molecule is Cc1ccc(-c2nc(C3CCCC3)no2)cc1N. The molecule has 1 aliphatic carbocycles. The highest BCUT2D eigenvalue weighted by Crippen LogP contribution is 2.33. The normalized spacial score (nSPS) is 16.3. The van der Waals surface area contributed by atoms with Crippen LogP contribution in [0, 0.1) is 6.92 Å². The highest BCUT2D eigenvalue weighted by molar-refractivity contribution is 5.62. The number of nitrogens with zero attached hydrogens (tertiary/aromatic N) is 2. The van der Waals surface area contributed by atoms with Crippen LogP contribution in [0.25, 0.3) is 11.5 Å². The summed E-state index contributed by atoms with van der Waals surface area (Å²) in [4.78, 5) is 4.50. The quantitative estimate of drug-likeness (QED) is 0.822. The number of nitrogens with two attached hydrogens (primary N) is 1. The maximum atomic E-state index is 5.90. The van der Waals surface area contributed by atoms with E-state index in [2.05, 4.69) is 10.1 Å². The summed E-state index contributed by atoms with van der Waals surface area (Å²) in [6, 6.07) is 5.84. The van der Waals surface area contributed by atoms with Gasteiger partial charge in [-0.1, -0.05) is 24.1 Å². The molecule has 0 bridgehead atoms. The lowest BCUT2D eigenvalue weighted by Crippen LogP contribution is -1.94. The number of aryl methyl sites for hydroxylation is 1. The largest absolute Gasteiger partial charge is 0.398 e. The zero-order chi connectivity index (χ0) is 12.5. The Morgan fingerprint density at radius 1 is 1.28 bits per heavy atom. The molecule has 1 aromatic heterocycles. The average Bonchev–Trinajstić information content (AvgIpc) is 3.01. The lowest BCUT2D eigenvalue weighted by molar-refractivity contribution is 0.416. The van der Waals surface area contributed by atoms with Crippen molar-refractivity contribution in [3.8, 4) is 11.5 Å². The minimum atomic E-state index is 0.477. The van der Waals surface area contributed by atoms with Crippen molar-refractivity contribution in [1.29, 1.82) is 0 Å². The lowest BCUT2D eigenvalue weighted by atomic mass is 10.1. The van der Waals surface area contributed by atoms with E-state index in [9.17, 15) is 0 Å². The van der Waals surface area contributed by atoms with Crippen LogP contribution in [0.2, 0.25) is 0 Å². The molecule has 1 aromatic carbocycles. The Hall–Kier alpha value is -1.84. The summed E-state index contributed by atoms with van der Waals surface area (Å²) in [7, 11) is 0. The number of nitrogen functional groups attached to an aromatic ring is 1. The summed E-state index contributed by atoms with van der Waals surface area (Å²) in [6.07, 6.45) is 4.89. The van der Waals surface area contributed by atoms with Gasteiger partial charge in [0.15, 0.2) is 5.82 Å². The molecular weight excluding hydrogens is 226 g/mol. The van der Waals surface area contributed by atoms with Gasteiger partial charge in [-0.05, 0) is 37.5 Å². The van der Waals surface area contributed by atoms with Crippen molar-refractivity contribution in [3.63, 3.8) is 0 Å². The minimum absolute atomic E-state index is 0.477. The molecule has 0 atom stereocenters. The van der Waals surface area contributed by atoms with Gasteiger partial charge in [-0.3, -0.25) is 0 Å². The van der Waals surface area contributed by atoms with Crippen LogP contribution < -0.4 is 5.73 Å². The van der Waals surface area contributed by atoms with E-state index < -0.39 is 0 Å². The molecule has 18 heavy (non-hydrogen) atoms. The maximum absolute atomic E-state index is 5.90. The summed E-state index contributed by atoms with van der Waals surface area (Å²) in [6.45, 7) is 1.98. The van der Waals surface area contributed by atoms with Crippen LogP contribution in [0.5, 0.6) is 0 Å². The Morgan fingerprint density at radius 3 is 2.78 bits per heavy atom. The van der Waals surface area contributed by atoms with Crippen LogP contribution in [-0.2, 0) is 0 Å². The first-order valence-electron chi connectivity index (χ1n) is 6.44. The molecule has 0 unspecified atom stereocenters. The summed E-state index contributed by atoms with van der Waals surface area (Å²) < 4.78 is 5.34. The van der Waals surface area contributed by atoms with Crippen LogP contribution in [0.3, 0.4) is 0 Å². The fourth-order valence-corrected chi connectivity index (χ4v) is 2.48. The molecule has 1 saturated carbocycles. The van der Waals surface area contributed by atoms with Crippen molar-refractivity contribution in [3.05, 3.63) is 29.6 Å². The Labute approximate surface area is 106 Å². The standard InChI is InChI=1S/C14H17N3O/c1-9-6-7-11(8-12(9)15)14-16-13(17-18-14)10-4-2-3-5-10/h6-8,10H,2-5,15H2,1H3. The topological polar surface area (TPSA) is 64.9 Å². The second-order valence-corrected chi connectivity index (χ2v) is 5.01. The molecule has 0 saturated heterocycles. The molecule has 0 amide bonds. The molecule has 1 heterocycles. The lowest BCUT2D eigenvalue weighted by Gasteiger charge is -2.01. The van der Waals surface area contributed by atoms with Crippen molar-refractivity contribution in [2.75, 3.05) is 5.73 Å². The molecule has 94 valence electrons. The molecule has 1 fully saturated rings. The molecule has 0 radical (unpaired) electrons. The predicted molar refractivity (Wildman–Crippen MR) is 70.1 cm³/mol. The minimum Gasteiger partial charge on any atom is -0.398 e. The number of hydrogen-bond acceptors (Lipinski definition) is 4. The summed E-state index contributed by atoms with van der Waals surface area (Å²) in [5.74, 6) is 1.90. The molecule has 0 aliphatic heterocycles. The van der Waals surface area contributed by atoms with Gasteiger partial charge >= 0.3 is 0 Å².